The number of hydrogen-bond donors (Lipinski definition) is 1. The Hall–Kier alpha value is -0.550. The number of hydrogen-bond acceptors (Lipinski definition) is 5. The first-order valence-electron chi connectivity index (χ1n) is 8.02. The zero-order chi connectivity index (χ0) is 16.3. The Labute approximate surface area is 165 Å². The van der Waals surface area contributed by atoms with Crippen LogP contribution in [0.4, 0.5) is 5.00 Å². The molecule has 0 amide bonds. The largest absolute Gasteiger partial charge is 0.360 e. The molecule has 0 spiro atoms. The van der Waals surface area contributed by atoms with Crippen LogP contribution in [-0.2, 0) is 9.84 Å². The van der Waals surface area contributed by atoms with Crippen molar-refractivity contribution in [1.82, 2.24) is 10.2 Å². The van der Waals surface area contributed by atoms with Gasteiger partial charge in [-0.15, -0.1) is 35.3 Å². The second-order valence-corrected chi connectivity index (χ2v) is 9.28. The molecule has 1 N–H and O–H groups in total. The van der Waals surface area contributed by atoms with Crippen molar-refractivity contribution in [2.24, 2.45) is 10.9 Å². The van der Waals surface area contributed by atoms with E-state index in [1.54, 1.807) is 18.4 Å². The summed E-state index contributed by atoms with van der Waals surface area (Å²) in [6, 6.07) is 4.25. The van der Waals surface area contributed by atoms with Crippen molar-refractivity contribution >= 4 is 56.1 Å². The van der Waals surface area contributed by atoms with E-state index in [2.05, 4.69) is 37.6 Å². The molecule has 136 valence electrons. The van der Waals surface area contributed by atoms with Crippen molar-refractivity contribution in [3.63, 3.8) is 0 Å². The topological polar surface area (TPSA) is 65.0 Å². The minimum Gasteiger partial charge on any atom is -0.360 e. The number of sulfone groups is 1. The van der Waals surface area contributed by atoms with E-state index in [-0.39, 0.29) is 29.9 Å². The Kier molecular flexibility index (Phi) is 7.17. The summed E-state index contributed by atoms with van der Waals surface area (Å²) in [6.07, 6.45) is 0.762. The summed E-state index contributed by atoms with van der Waals surface area (Å²) in [5.41, 5.74) is 0. The maximum absolute atomic E-state index is 11.5. The smallest absolute Gasteiger partial charge is 0.193 e. The van der Waals surface area contributed by atoms with Crippen molar-refractivity contribution in [3.8, 4) is 0 Å². The molecular weight excluding hydrogens is 459 g/mol. The van der Waals surface area contributed by atoms with Crippen LogP contribution in [0.2, 0.25) is 0 Å². The van der Waals surface area contributed by atoms with Gasteiger partial charge in [0.25, 0.3) is 0 Å². The second kappa shape index (κ2) is 8.70. The van der Waals surface area contributed by atoms with Crippen molar-refractivity contribution < 1.29 is 8.42 Å². The Morgan fingerprint density at radius 2 is 2.12 bits per heavy atom. The highest BCUT2D eigenvalue weighted by Gasteiger charge is 2.28. The van der Waals surface area contributed by atoms with Crippen LogP contribution in [0.1, 0.15) is 6.42 Å². The molecule has 2 aliphatic rings. The molecule has 3 heterocycles. The highest BCUT2D eigenvalue weighted by molar-refractivity contribution is 14.0. The molecule has 1 atom stereocenters. The molecular formula is C15H25IN4O2S2. The van der Waals surface area contributed by atoms with Crippen molar-refractivity contribution in [3.05, 3.63) is 17.5 Å². The van der Waals surface area contributed by atoms with E-state index in [1.807, 2.05) is 0 Å². The maximum atomic E-state index is 11.5. The highest BCUT2D eigenvalue weighted by Crippen LogP contribution is 2.22. The normalized spacial score (nSPS) is 23.9. The minimum atomic E-state index is -2.81. The van der Waals surface area contributed by atoms with Gasteiger partial charge in [0.05, 0.1) is 16.5 Å². The quantitative estimate of drug-likeness (QED) is 0.400. The predicted octanol–water partition coefficient (Wildman–Crippen LogP) is 1.50. The molecule has 2 fully saturated rings. The Balaban J connectivity index is 0.00000208. The van der Waals surface area contributed by atoms with Gasteiger partial charge >= 0.3 is 0 Å². The minimum absolute atomic E-state index is 0. The lowest BCUT2D eigenvalue weighted by atomic mass is 10.1. The van der Waals surface area contributed by atoms with Crippen LogP contribution in [-0.4, -0.2) is 70.6 Å². The Bertz CT molecular complexity index is 640. The fourth-order valence-corrected chi connectivity index (χ4v) is 5.84. The number of rotatable bonds is 3. The lowest BCUT2D eigenvalue weighted by Crippen LogP contribution is -2.53. The zero-order valence-electron chi connectivity index (χ0n) is 13.8. The number of piperazine rings is 1. The predicted molar refractivity (Wildman–Crippen MR) is 112 cm³/mol. The van der Waals surface area contributed by atoms with Gasteiger partial charge in [0.2, 0.25) is 0 Å². The molecule has 24 heavy (non-hydrogen) atoms. The van der Waals surface area contributed by atoms with E-state index in [1.165, 1.54) is 5.00 Å². The summed E-state index contributed by atoms with van der Waals surface area (Å²) >= 11 is 1.78. The third kappa shape index (κ3) is 4.98. The number of halogens is 1. The molecule has 6 nitrogen and oxygen atoms in total. The average molecular weight is 484 g/mol. The molecule has 1 unspecified atom stereocenters. The van der Waals surface area contributed by atoms with E-state index < -0.39 is 9.84 Å². The SMILES string of the molecule is CN=C(NCC1CCS(=O)(=O)C1)N1CCN(c2cccs2)CC1.I. The number of anilines is 1. The molecule has 0 aliphatic carbocycles. The maximum Gasteiger partial charge on any atom is 0.193 e. The first-order chi connectivity index (χ1) is 11.1. The van der Waals surface area contributed by atoms with Gasteiger partial charge in [0.15, 0.2) is 15.8 Å². The van der Waals surface area contributed by atoms with Crippen LogP contribution < -0.4 is 10.2 Å². The lowest BCUT2D eigenvalue weighted by Gasteiger charge is -2.37. The number of nitrogens with one attached hydrogen (secondary N) is 1. The van der Waals surface area contributed by atoms with Crippen LogP contribution in [0, 0.1) is 5.92 Å². The molecule has 2 aliphatic heterocycles. The molecule has 0 aromatic carbocycles. The third-order valence-corrected chi connectivity index (χ3v) is 7.25. The Morgan fingerprint density at radius 3 is 2.67 bits per heavy atom. The zero-order valence-corrected chi connectivity index (χ0v) is 17.8. The number of nitrogens with zero attached hydrogens (tertiary/aromatic N) is 3. The van der Waals surface area contributed by atoms with Gasteiger partial charge in [-0.1, -0.05) is 0 Å². The van der Waals surface area contributed by atoms with Crippen molar-refractivity contribution in [1.29, 1.82) is 0 Å². The van der Waals surface area contributed by atoms with Gasteiger partial charge in [0.1, 0.15) is 0 Å². The summed E-state index contributed by atoms with van der Waals surface area (Å²) in [6.45, 7) is 4.52. The van der Waals surface area contributed by atoms with E-state index >= 15 is 0 Å². The average Bonchev–Trinajstić information content (AvgIpc) is 3.18. The van der Waals surface area contributed by atoms with Gasteiger partial charge in [-0.3, -0.25) is 4.99 Å². The summed E-state index contributed by atoms with van der Waals surface area (Å²) in [5.74, 6) is 1.74. The molecule has 1 aromatic heterocycles. The summed E-state index contributed by atoms with van der Waals surface area (Å²) in [4.78, 5) is 9.02. The van der Waals surface area contributed by atoms with Crippen LogP contribution in [0.3, 0.4) is 0 Å². The van der Waals surface area contributed by atoms with E-state index in [0.717, 1.165) is 38.6 Å². The molecule has 0 saturated carbocycles. The van der Waals surface area contributed by atoms with Crippen LogP contribution in [0.25, 0.3) is 0 Å². The first kappa shape index (κ1) is 19.8. The van der Waals surface area contributed by atoms with E-state index in [9.17, 15) is 8.42 Å². The fourth-order valence-electron chi connectivity index (χ4n) is 3.19. The molecule has 2 saturated heterocycles. The molecule has 0 radical (unpaired) electrons. The van der Waals surface area contributed by atoms with Gasteiger partial charge in [-0.05, 0) is 29.9 Å². The van der Waals surface area contributed by atoms with Crippen LogP contribution in [0.5, 0.6) is 0 Å². The Morgan fingerprint density at radius 1 is 1.38 bits per heavy atom. The first-order valence-corrected chi connectivity index (χ1v) is 10.7. The third-order valence-electron chi connectivity index (χ3n) is 4.48. The summed E-state index contributed by atoms with van der Waals surface area (Å²) in [7, 11) is -1.02. The lowest BCUT2D eigenvalue weighted by molar-refractivity contribution is 0.370. The molecule has 1 aromatic rings. The number of aliphatic imine (C=N–C) groups is 1. The summed E-state index contributed by atoms with van der Waals surface area (Å²) in [5, 5.41) is 6.80. The van der Waals surface area contributed by atoms with Crippen LogP contribution in [0.15, 0.2) is 22.5 Å². The van der Waals surface area contributed by atoms with Crippen molar-refractivity contribution in [2.75, 3.05) is 56.2 Å². The molecule has 0 bridgehead atoms. The monoisotopic (exact) mass is 484 g/mol. The van der Waals surface area contributed by atoms with Gasteiger partial charge in [-0.2, -0.15) is 0 Å². The van der Waals surface area contributed by atoms with Gasteiger partial charge in [0, 0.05) is 39.8 Å². The van der Waals surface area contributed by atoms with Gasteiger partial charge in [-0.25, -0.2) is 8.42 Å². The fraction of sp³-hybridized carbons (Fsp3) is 0.667. The summed E-state index contributed by atoms with van der Waals surface area (Å²) < 4.78 is 23.1. The number of thiophene rings is 1. The standard InChI is InChI=1S/C15H24N4O2S2.HI/c1-16-15(17-11-13-4-10-23(20,21)12-13)19-7-5-18(6-8-19)14-3-2-9-22-14;/h2-3,9,13H,4-8,10-12H2,1H3,(H,16,17);1H. The molecule has 9 heteroatoms. The highest BCUT2D eigenvalue weighted by atomic mass is 127. The molecule has 3 rings (SSSR count). The van der Waals surface area contributed by atoms with Crippen LogP contribution >= 0.6 is 35.3 Å². The van der Waals surface area contributed by atoms with Gasteiger partial charge < -0.3 is 15.1 Å². The van der Waals surface area contributed by atoms with Crippen molar-refractivity contribution in [2.45, 2.75) is 6.42 Å². The number of guanidine groups is 1. The second-order valence-electron chi connectivity index (χ2n) is 6.12. The van der Waals surface area contributed by atoms with E-state index in [4.69, 9.17) is 0 Å². The van der Waals surface area contributed by atoms with E-state index in [0.29, 0.717) is 18.1 Å².